The minimum absolute atomic E-state index is 0.0225. The van der Waals surface area contributed by atoms with Gasteiger partial charge in [0.15, 0.2) is 0 Å². The molecule has 1 aromatic heterocycles. The van der Waals surface area contributed by atoms with E-state index < -0.39 is 12.0 Å². The number of piperazine rings is 1. The van der Waals surface area contributed by atoms with Crippen LogP contribution in [-0.4, -0.2) is 48.9 Å². The lowest BCUT2D eigenvalue weighted by atomic mass is 9.99. The molecule has 1 aliphatic rings. The van der Waals surface area contributed by atoms with E-state index >= 15 is 0 Å². The van der Waals surface area contributed by atoms with E-state index in [4.69, 9.17) is 0 Å². The molecule has 1 saturated heterocycles. The van der Waals surface area contributed by atoms with Crippen molar-refractivity contribution in [1.29, 1.82) is 0 Å². The van der Waals surface area contributed by atoms with E-state index in [1.807, 2.05) is 13.8 Å². The number of nitrogens with one attached hydrogen (secondary N) is 1. The van der Waals surface area contributed by atoms with Crippen LogP contribution >= 0.6 is 11.3 Å². The lowest BCUT2D eigenvalue weighted by Gasteiger charge is -2.37. The van der Waals surface area contributed by atoms with Crippen LogP contribution in [0.25, 0.3) is 0 Å². The van der Waals surface area contributed by atoms with E-state index in [1.54, 1.807) is 17.0 Å². The highest BCUT2D eigenvalue weighted by Gasteiger charge is 2.36. The molecule has 0 saturated carbocycles. The number of carbonyl (C=O) groups is 3. The zero-order valence-electron chi connectivity index (χ0n) is 12.2. The first-order valence-corrected chi connectivity index (χ1v) is 7.54. The van der Waals surface area contributed by atoms with Crippen molar-refractivity contribution in [2.24, 2.45) is 5.92 Å². The first-order valence-electron chi connectivity index (χ1n) is 6.72. The molecule has 1 aromatic rings. The summed E-state index contributed by atoms with van der Waals surface area (Å²) in [6.07, 6.45) is 0. The second kappa shape index (κ2) is 6.26. The van der Waals surface area contributed by atoms with Gasteiger partial charge in [0.05, 0.1) is 12.0 Å². The molecule has 2 amide bonds. The Morgan fingerprint density at radius 2 is 2.05 bits per heavy atom. The van der Waals surface area contributed by atoms with Crippen LogP contribution in [0, 0.1) is 5.92 Å². The summed E-state index contributed by atoms with van der Waals surface area (Å²) in [7, 11) is 1.30. The molecule has 1 N–H and O–H groups in total. The molecule has 1 atom stereocenters. The number of ether oxygens (including phenoxy) is 1. The summed E-state index contributed by atoms with van der Waals surface area (Å²) >= 11 is 1.08. The fourth-order valence-corrected chi connectivity index (χ4v) is 3.26. The zero-order chi connectivity index (χ0) is 15.6. The number of hydrogen-bond acceptors (Lipinski definition) is 5. The molecule has 1 fully saturated rings. The van der Waals surface area contributed by atoms with Gasteiger partial charge in [0.2, 0.25) is 5.91 Å². The molecule has 1 aliphatic heterocycles. The van der Waals surface area contributed by atoms with Gasteiger partial charge in [0.1, 0.15) is 10.9 Å². The maximum atomic E-state index is 12.6. The Hall–Kier alpha value is -1.89. The SMILES string of the molecule is COC(=O)c1ccc(C(=O)N2CCNC(=O)[C@H]2C(C)C)s1. The molecule has 21 heavy (non-hydrogen) atoms. The summed E-state index contributed by atoms with van der Waals surface area (Å²) in [4.78, 5) is 38.4. The molecular weight excluding hydrogens is 292 g/mol. The molecule has 114 valence electrons. The fraction of sp³-hybridized carbons (Fsp3) is 0.500. The Morgan fingerprint density at radius 3 is 2.67 bits per heavy atom. The van der Waals surface area contributed by atoms with E-state index in [9.17, 15) is 14.4 Å². The lowest BCUT2D eigenvalue weighted by Crippen LogP contribution is -2.59. The molecule has 7 heteroatoms. The standard InChI is InChI=1S/C14H18N2O4S/c1-8(2)11-12(17)15-6-7-16(11)13(18)9-4-5-10(21-9)14(19)20-3/h4-5,8,11H,6-7H2,1-3H3,(H,15,17)/t11-/m1/s1. The number of amides is 2. The Kier molecular flexibility index (Phi) is 4.62. The molecule has 0 aliphatic carbocycles. The highest BCUT2D eigenvalue weighted by atomic mass is 32.1. The van der Waals surface area contributed by atoms with E-state index in [2.05, 4.69) is 10.1 Å². The zero-order valence-corrected chi connectivity index (χ0v) is 13.0. The second-order valence-electron chi connectivity index (χ2n) is 5.13. The van der Waals surface area contributed by atoms with Gasteiger partial charge >= 0.3 is 5.97 Å². The van der Waals surface area contributed by atoms with Gasteiger partial charge in [-0.15, -0.1) is 11.3 Å². The molecule has 0 aromatic carbocycles. The number of carbonyl (C=O) groups excluding carboxylic acids is 3. The number of esters is 1. The average Bonchev–Trinajstić information content (AvgIpc) is 2.94. The Bertz CT molecular complexity index is 567. The van der Waals surface area contributed by atoms with Gasteiger partial charge in [-0.3, -0.25) is 9.59 Å². The summed E-state index contributed by atoms with van der Waals surface area (Å²) in [6, 6.07) is 2.69. The van der Waals surface area contributed by atoms with Crippen molar-refractivity contribution in [3.05, 3.63) is 21.9 Å². The summed E-state index contributed by atoms with van der Waals surface area (Å²) < 4.78 is 4.63. The molecule has 0 radical (unpaired) electrons. The highest BCUT2D eigenvalue weighted by Crippen LogP contribution is 2.23. The van der Waals surface area contributed by atoms with E-state index in [0.717, 1.165) is 11.3 Å². The molecular formula is C14H18N2O4S. The first kappa shape index (κ1) is 15.5. The van der Waals surface area contributed by atoms with Gasteiger partial charge in [-0.2, -0.15) is 0 Å². The van der Waals surface area contributed by atoms with Crippen molar-refractivity contribution in [3.8, 4) is 0 Å². The normalized spacial score (nSPS) is 18.6. The van der Waals surface area contributed by atoms with Crippen LogP contribution in [0.1, 0.15) is 33.2 Å². The highest BCUT2D eigenvalue weighted by molar-refractivity contribution is 7.15. The van der Waals surface area contributed by atoms with Gasteiger partial charge in [-0.05, 0) is 18.1 Å². The van der Waals surface area contributed by atoms with Gasteiger partial charge in [0.25, 0.3) is 5.91 Å². The van der Waals surface area contributed by atoms with Crippen molar-refractivity contribution in [3.63, 3.8) is 0 Å². The third-order valence-electron chi connectivity index (χ3n) is 3.35. The second-order valence-corrected chi connectivity index (χ2v) is 6.22. The van der Waals surface area contributed by atoms with Crippen molar-refractivity contribution in [2.45, 2.75) is 19.9 Å². The van der Waals surface area contributed by atoms with Crippen LogP contribution in [0.3, 0.4) is 0 Å². The van der Waals surface area contributed by atoms with E-state index in [0.29, 0.717) is 22.8 Å². The van der Waals surface area contributed by atoms with Crippen LogP contribution in [0.15, 0.2) is 12.1 Å². The van der Waals surface area contributed by atoms with Crippen LogP contribution in [0.2, 0.25) is 0 Å². The fourth-order valence-electron chi connectivity index (χ4n) is 2.38. The smallest absolute Gasteiger partial charge is 0.348 e. The van der Waals surface area contributed by atoms with Crippen molar-refractivity contribution in [1.82, 2.24) is 10.2 Å². The van der Waals surface area contributed by atoms with Crippen molar-refractivity contribution < 1.29 is 19.1 Å². The van der Waals surface area contributed by atoms with Crippen molar-refractivity contribution >= 4 is 29.1 Å². The maximum absolute atomic E-state index is 12.6. The lowest BCUT2D eigenvalue weighted by molar-refractivity contribution is -0.129. The number of nitrogens with zero attached hydrogens (tertiary/aromatic N) is 1. The molecule has 0 bridgehead atoms. The van der Waals surface area contributed by atoms with Crippen LogP contribution in [-0.2, 0) is 9.53 Å². The number of hydrogen-bond donors (Lipinski definition) is 1. The Balaban J connectivity index is 2.23. The quantitative estimate of drug-likeness (QED) is 0.849. The first-order chi connectivity index (χ1) is 9.95. The molecule has 2 heterocycles. The van der Waals surface area contributed by atoms with Gasteiger partial charge in [0, 0.05) is 13.1 Å². The third-order valence-corrected chi connectivity index (χ3v) is 4.41. The summed E-state index contributed by atoms with van der Waals surface area (Å²) in [5, 5.41) is 2.78. The molecule has 2 rings (SSSR count). The molecule has 0 unspecified atom stereocenters. The topological polar surface area (TPSA) is 75.7 Å². The monoisotopic (exact) mass is 310 g/mol. The number of methoxy groups -OCH3 is 1. The van der Waals surface area contributed by atoms with Crippen LogP contribution < -0.4 is 5.32 Å². The minimum Gasteiger partial charge on any atom is -0.465 e. The van der Waals surface area contributed by atoms with Gasteiger partial charge < -0.3 is 15.0 Å². The Morgan fingerprint density at radius 1 is 1.38 bits per heavy atom. The third kappa shape index (κ3) is 3.07. The van der Waals surface area contributed by atoms with E-state index in [1.165, 1.54) is 7.11 Å². The van der Waals surface area contributed by atoms with Crippen molar-refractivity contribution in [2.75, 3.05) is 20.2 Å². The Labute approximate surface area is 127 Å². The summed E-state index contributed by atoms with van der Waals surface area (Å²) in [6.45, 7) is 4.73. The summed E-state index contributed by atoms with van der Waals surface area (Å²) in [5.41, 5.74) is 0. The van der Waals surface area contributed by atoms with Gasteiger partial charge in [-0.1, -0.05) is 13.8 Å². The predicted octanol–water partition coefficient (Wildman–Crippen LogP) is 1.13. The maximum Gasteiger partial charge on any atom is 0.348 e. The minimum atomic E-state index is -0.477. The van der Waals surface area contributed by atoms with E-state index in [-0.39, 0.29) is 17.7 Å². The van der Waals surface area contributed by atoms with Crippen LogP contribution in [0.4, 0.5) is 0 Å². The number of rotatable bonds is 3. The average molecular weight is 310 g/mol. The molecule has 0 spiro atoms. The largest absolute Gasteiger partial charge is 0.465 e. The van der Waals surface area contributed by atoms with Crippen LogP contribution in [0.5, 0.6) is 0 Å². The number of thiophene rings is 1. The molecule has 6 nitrogen and oxygen atoms in total. The van der Waals surface area contributed by atoms with Gasteiger partial charge in [-0.25, -0.2) is 4.79 Å². The summed E-state index contributed by atoms with van der Waals surface area (Å²) in [5.74, 6) is -0.789. The predicted molar refractivity (Wildman–Crippen MR) is 78.3 cm³/mol.